The number of rotatable bonds is 7. The number of carbonyl (C=O) groups excluding carboxylic acids is 1. The first-order valence-electron chi connectivity index (χ1n) is 10.2. The normalized spacial score (nSPS) is 16.4. The third-order valence-corrected chi connectivity index (χ3v) is 6.59. The van der Waals surface area contributed by atoms with E-state index >= 15 is 0 Å². The summed E-state index contributed by atoms with van der Waals surface area (Å²) in [7, 11) is -3.39. The number of carbonyl (C=O) groups is 1. The topological polar surface area (TPSA) is 91.3 Å². The molecule has 0 aromatic heterocycles. The first-order valence-corrected chi connectivity index (χ1v) is 11.8. The molecule has 8 nitrogen and oxygen atoms in total. The van der Waals surface area contributed by atoms with E-state index in [2.05, 4.69) is 15.2 Å². The molecule has 9 heteroatoms. The summed E-state index contributed by atoms with van der Waals surface area (Å²) in [4.78, 5) is 20.5. The van der Waals surface area contributed by atoms with Crippen molar-refractivity contribution in [2.24, 2.45) is 4.99 Å². The maximum Gasteiger partial charge on any atom is 0.409 e. The molecule has 29 heavy (non-hydrogen) atoms. The number of ether oxygens (including phenoxy) is 1. The van der Waals surface area contributed by atoms with Gasteiger partial charge in [-0.2, -0.15) is 0 Å². The zero-order chi connectivity index (χ0) is 21.3. The van der Waals surface area contributed by atoms with Crippen LogP contribution in [0.2, 0.25) is 0 Å². The fourth-order valence-corrected chi connectivity index (χ4v) is 4.75. The van der Waals surface area contributed by atoms with Crippen LogP contribution in [0.4, 0.5) is 4.79 Å². The van der Waals surface area contributed by atoms with E-state index < -0.39 is 9.84 Å². The predicted octanol–water partition coefficient (Wildman–Crippen LogP) is 1.98. The minimum Gasteiger partial charge on any atom is -0.450 e. The Hall–Kier alpha value is -2.29. The number of guanidine groups is 1. The fourth-order valence-electron chi connectivity index (χ4n) is 3.14. The first-order chi connectivity index (χ1) is 13.9. The van der Waals surface area contributed by atoms with Gasteiger partial charge in [-0.3, -0.25) is 4.99 Å². The van der Waals surface area contributed by atoms with Crippen molar-refractivity contribution in [3.8, 4) is 0 Å². The maximum atomic E-state index is 12.7. The molecule has 1 atom stereocenters. The number of nitrogens with zero attached hydrogens (tertiary/aromatic N) is 3. The van der Waals surface area contributed by atoms with Crippen molar-refractivity contribution in [2.75, 3.05) is 45.1 Å². The minimum absolute atomic E-state index is 0.000954. The van der Waals surface area contributed by atoms with Crippen molar-refractivity contribution in [3.63, 3.8) is 0 Å². The molecule has 0 spiro atoms. The van der Waals surface area contributed by atoms with Gasteiger partial charge in [0.15, 0.2) is 15.8 Å². The van der Waals surface area contributed by atoms with Crippen LogP contribution in [0.5, 0.6) is 0 Å². The monoisotopic (exact) mass is 424 g/mol. The van der Waals surface area contributed by atoms with Gasteiger partial charge in [0, 0.05) is 38.8 Å². The van der Waals surface area contributed by atoms with E-state index in [1.165, 1.54) is 0 Å². The van der Waals surface area contributed by atoms with Gasteiger partial charge in [0.25, 0.3) is 0 Å². The Morgan fingerprint density at radius 2 is 1.72 bits per heavy atom. The first kappa shape index (κ1) is 23.0. The van der Waals surface area contributed by atoms with Gasteiger partial charge in [0.2, 0.25) is 0 Å². The van der Waals surface area contributed by atoms with Crippen LogP contribution in [0.25, 0.3) is 0 Å². The SMILES string of the molecule is CCN=C(NC(CC)CS(=O)(=O)c1ccccc1)N1CCN(C(=O)OCC)CC1. The van der Waals surface area contributed by atoms with Gasteiger partial charge in [0.1, 0.15) is 0 Å². The van der Waals surface area contributed by atoms with E-state index in [4.69, 9.17) is 4.74 Å². The number of hydrogen-bond donors (Lipinski definition) is 1. The van der Waals surface area contributed by atoms with Gasteiger partial charge in [-0.15, -0.1) is 0 Å². The van der Waals surface area contributed by atoms with Crippen LogP contribution in [0.1, 0.15) is 27.2 Å². The molecule has 1 aliphatic rings. The van der Waals surface area contributed by atoms with Crippen LogP contribution in [0.3, 0.4) is 0 Å². The van der Waals surface area contributed by atoms with Crippen LogP contribution in [0, 0.1) is 0 Å². The van der Waals surface area contributed by atoms with Crippen LogP contribution in [-0.2, 0) is 14.6 Å². The molecular formula is C20H32N4O4S. The molecule has 1 amide bonds. The zero-order valence-electron chi connectivity index (χ0n) is 17.5. The van der Waals surface area contributed by atoms with Crippen molar-refractivity contribution < 1.29 is 17.9 Å². The molecule has 1 fully saturated rings. The highest BCUT2D eigenvalue weighted by atomic mass is 32.2. The number of aliphatic imine (C=N–C) groups is 1. The lowest BCUT2D eigenvalue weighted by Gasteiger charge is -2.37. The summed E-state index contributed by atoms with van der Waals surface area (Å²) >= 11 is 0. The molecule has 0 aliphatic carbocycles. The summed E-state index contributed by atoms with van der Waals surface area (Å²) in [6, 6.07) is 8.25. The summed E-state index contributed by atoms with van der Waals surface area (Å²) in [5, 5.41) is 3.33. The van der Waals surface area contributed by atoms with Crippen molar-refractivity contribution in [2.45, 2.75) is 38.1 Å². The Balaban J connectivity index is 2.02. The number of piperazine rings is 1. The molecule has 1 N–H and O–H groups in total. The number of nitrogens with one attached hydrogen (secondary N) is 1. The summed E-state index contributed by atoms with van der Waals surface area (Å²) in [5.41, 5.74) is 0. The van der Waals surface area contributed by atoms with Gasteiger partial charge in [-0.05, 0) is 32.4 Å². The van der Waals surface area contributed by atoms with E-state index in [0.29, 0.717) is 56.6 Å². The molecule has 162 valence electrons. The van der Waals surface area contributed by atoms with Crippen molar-refractivity contribution in [1.29, 1.82) is 0 Å². The summed E-state index contributed by atoms with van der Waals surface area (Å²) < 4.78 is 30.5. The van der Waals surface area contributed by atoms with Gasteiger partial charge < -0.3 is 19.9 Å². The molecule has 0 saturated carbocycles. The van der Waals surface area contributed by atoms with Crippen LogP contribution in [-0.4, -0.2) is 81.4 Å². The van der Waals surface area contributed by atoms with E-state index in [1.54, 1.807) is 42.2 Å². The molecule has 1 aromatic rings. The minimum atomic E-state index is -3.39. The van der Waals surface area contributed by atoms with E-state index in [9.17, 15) is 13.2 Å². The number of hydrogen-bond acceptors (Lipinski definition) is 5. The molecule has 0 bridgehead atoms. The third-order valence-electron chi connectivity index (χ3n) is 4.76. The fraction of sp³-hybridized carbons (Fsp3) is 0.600. The summed E-state index contributed by atoms with van der Waals surface area (Å²) in [5.74, 6) is 0.685. The summed E-state index contributed by atoms with van der Waals surface area (Å²) in [6.07, 6.45) is 0.354. The second kappa shape index (κ2) is 11.0. The number of sulfone groups is 1. The highest BCUT2D eigenvalue weighted by molar-refractivity contribution is 7.91. The molecular weight excluding hydrogens is 392 g/mol. The summed E-state index contributed by atoms with van der Waals surface area (Å²) in [6.45, 7) is 8.96. The Bertz CT molecular complexity index is 775. The van der Waals surface area contributed by atoms with Gasteiger partial charge in [-0.1, -0.05) is 25.1 Å². The number of benzene rings is 1. The predicted molar refractivity (Wildman–Crippen MR) is 114 cm³/mol. The molecule has 2 rings (SSSR count). The van der Waals surface area contributed by atoms with Crippen LogP contribution >= 0.6 is 0 Å². The Kier molecular flexibility index (Phi) is 8.75. The average molecular weight is 425 g/mol. The average Bonchev–Trinajstić information content (AvgIpc) is 2.73. The third kappa shape index (κ3) is 6.62. The van der Waals surface area contributed by atoms with E-state index in [-0.39, 0.29) is 17.9 Å². The molecule has 1 heterocycles. The van der Waals surface area contributed by atoms with Crippen LogP contribution in [0.15, 0.2) is 40.2 Å². The van der Waals surface area contributed by atoms with E-state index in [0.717, 1.165) is 0 Å². The Morgan fingerprint density at radius 3 is 2.28 bits per heavy atom. The maximum absolute atomic E-state index is 12.7. The largest absolute Gasteiger partial charge is 0.450 e. The van der Waals surface area contributed by atoms with Crippen LogP contribution < -0.4 is 5.32 Å². The number of amides is 1. The second-order valence-electron chi connectivity index (χ2n) is 6.81. The lowest BCUT2D eigenvalue weighted by Crippen LogP contribution is -2.56. The lowest BCUT2D eigenvalue weighted by atomic mass is 10.2. The van der Waals surface area contributed by atoms with E-state index in [1.807, 2.05) is 13.8 Å². The molecule has 1 aliphatic heterocycles. The Labute approximate surface area is 173 Å². The van der Waals surface area contributed by atoms with Gasteiger partial charge >= 0.3 is 6.09 Å². The lowest BCUT2D eigenvalue weighted by molar-refractivity contribution is 0.0913. The zero-order valence-corrected chi connectivity index (χ0v) is 18.3. The highest BCUT2D eigenvalue weighted by Gasteiger charge is 2.26. The molecule has 1 aromatic carbocycles. The highest BCUT2D eigenvalue weighted by Crippen LogP contribution is 2.13. The standard InChI is InChI=1S/C20H32N4O4S/c1-4-17(16-29(26,27)18-10-8-7-9-11-18)22-19(21-5-2)23-12-14-24(15-13-23)20(25)28-6-3/h7-11,17H,4-6,12-16H2,1-3H3,(H,21,22). The smallest absolute Gasteiger partial charge is 0.409 e. The molecule has 0 radical (unpaired) electrons. The van der Waals surface area contributed by atoms with Crippen molar-refractivity contribution in [3.05, 3.63) is 30.3 Å². The Morgan fingerprint density at radius 1 is 1.10 bits per heavy atom. The van der Waals surface area contributed by atoms with Gasteiger partial charge in [0.05, 0.1) is 17.3 Å². The van der Waals surface area contributed by atoms with Crippen molar-refractivity contribution in [1.82, 2.24) is 15.1 Å². The molecule has 1 saturated heterocycles. The second-order valence-corrected chi connectivity index (χ2v) is 8.85. The van der Waals surface area contributed by atoms with Crippen molar-refractivity contribution >= 4 is 21.9 Å². The van der Waals surface area contributed by atoms with Gasteiger partial charge in [-0.25, -0.2) is 13.2 Å². The molecule has 1 unspecified atom stereocenters. The quantitative estimate of drug-likeness (QED) is 0.532.